The van der Waals surface area contributed by atoms with Gasteiger partial charge in [0.15, 0.2) is 5.16 Å². The second-order valence-electron chi connectivity index (χ2n) is 5.93. The number of hydrogen-bond acceptors (Lipinski definition) is 3. The van der Waals surface area contributed by atoms with E-state index in [-0.39, 0.29) is 5.25 Å². The van der Waals surface area contributed by atoms with E-state index >= 15 is 0 Å². The van der Waals surface area contributed by atoms with Crippen molar-refractivity contribution >= 4 is 33.8 Å². The van der Waals surface area contributed by atoms with Crippen molar-refractivity contribution in [3.63, 3.8) is 0 Å². The summed E-state index contributed by atoms with van der Waals surface area (Å²) < 4.78 is 28.2. The molecule has 0 spiro atoms. The third-order valence-electron chi connectivity index (χ3n) is 4.09. The van der Waals surface area contributed by atoms with Gasteiger partial charge in [0.2, 0.25) is 0 Å². The van der Waals surface area contributed by atoms with Gasteiger partial charge in [-0.3, -0.25) is 4.57 Å². The van der Waals surface area contributed by atoms with Crippen molar-refractivity contribution in [2.24, 2.45) is 0 Å². The average Bonchev–Trinajstić information content (AvgIpc) is 3.14. The zero-order chi connectivity index (χ0) is 17.6. The highest BCUT2D eigenvalue weighted by molar-refractivity contribution is 7.99. The Labute approximate surface area is 147 Å². The Hall–Kier alpha value is -2.41. The molecule has 2 heterocycles. The van der Waals surface area contributed by atoms with Gasteiger partial charge in [-0.2, -0.15) is 8.78 Å². The van der Waals surface area contributed by atoms with E-state index in [1.807, 2.05) is 32.0 Å². The highest BCUT2D eigenvalue weighted by Gasteiger charge is 2.23. The maximum atomic E-state index is 13.6. The number of imidazole rings is 2. The molecular formula is C18H16F2N4S. The number of para-hydroxylation sites is 2. The fourth-order valence-electron chi connectivity index (χ4n) is 2.93. The smallest absolute Gasteiger partial charge is 0.320 e. The van der Waals surface area contributed by atoms with Gasteiger partial charge in [-0.15, -0.1) is 0 Å². The van der Waals surface area contributed by atoms with Crippen LogP contribution in [0.2, 0.25) is 0 Å². The lowest BCUT2D eigenvalue weighted by Gasteiger charge is -2.12. The van der Waals surface area contributed by atoms with Gasteiger partial charge in [0.25, 0.3) is 0 Å². The van der Waals surface area contributed by atoms with Crippen LogP contribution in [0.1, 0.15) is 30.1 Å². The molecule has 7 heteroatoms. The van der Waals surface area contributed by atoms with Crippen molar-refractivity contribution in [3.05, 3.63) is 53.9 Å². The monoisotopic (exact) mass is 358 g/mol. The summed E-state index contributed by atoms with van der Waals surface area (Å²) in [5.41, 5.74) is 3.96. The second kappa shape index (κ2) is 6.15. The van der Waals surface area contributed by atoms with E-state index in [0.29, 0.717) is 22.0 Å². The molecule has 0 aliphatic heterocycles. The summed E-state index contributed by atoms with van der Waals surface area (Å²) in [7, 11) is 0. The molecule has 0 fully saturated rings. The Morgan fingerprint density at radius 1 is 1.08 bits per heavy atom. The van der Waals surface area contributed by atoms with E-state index in [1.54, 1.807) is 24.3 Å². The molecule has 4 rings (SSSR count). The molecule has 0 aliphatic rings. The first-order chi connectivity index (χ1) is 12.0. The lowest BCUT2D eigenvalue weighted by Crippen LogP contribution is -2.06. The predicted octanol–water partition coefficient (Wildman–Crippen LogP) is 5.47. The second-order valence-corrected chi connectivity index (χ2v) is 7.26. The standard InChI is InChI=1S/C18H16F2N4S/c1-10-7-8-12-14(9-10)23-18(22-12)25-11(2)16-21-13-5-3-4-6-15(13)24(16)17(19)20/h3-9,11,17H,1-2H3,(H,22,23)/t11-/m1/s1. The summed E-state index contributed by atoms with van der Waals surface area (Å²) in [6, 6.07) is 12.9. The molecule has 25 heavy (non-hydrogen) atoms. The molecule has 0 amide bonds. The van der Waals surface area contributed by atoms with Gasteiger partial charge in [-0.1, -0.05) is 30.0 Å². The minimum atomic E-state index is -2.64. The van der Waals surface area contributed by atoms with Gasteiger partial charge in [-0.25, -0.2) is 9.97 Å². The van der Waals surface area contributed by atoms with Crippen molar-refractivity contribution in [2.45, 2.75) is 30.8 Å². The molecule has 0 saturated carbocycles. The number of fused-ring (bicyclic) bond motifs is 2. The molecule has 4 aromatic rings. The maximum absolute atomic E-state index is 13.6. The highest BCUT2D eigenvalue weighted by Crippen LogP contribution is 2.37. The molecule has 0 radical (unpaired) electrons. The SMILES string of the molecule is Cc1ccc2nc(S[C@H](C)c3nc4ccccc4n3C(F)F)[nH]c2c1. The summed E-state index contributed by atoms with van der Waals surface area (Å²) in [6.45, 7) is 1.24. The minimum absolute atomic E-state index is 0.275. The largest absolute Gasteiger partial charge is 0.333 e. The molecule has 0 bridgehead atoms. The number of H-pyrrole nitrogens is 1. The van der Waals surface area contributed by atoms with Crippen LogP contribution in [0.15, 0.2) is 47.6 Å². The number of alkyl halides is 2. The van der Waals surface area contributed by atoms with Gasteiger partial charge in [0.05, 0.1) is 27.3 Å². The fraction of sp³-hybridized carbons (Fsp3) is 0.222. The predicted molar refractivity (Wildman–Crippen MR) is 96.1 cm³/mol. The van der Waals surface area contributed by atoms with Crippen LogP contribution in [-0.2, 0) is 0 Å². The number of aryl methyl sites for hydroxylation is 1. The molecule has 0 unspecified atom stereocenters. The third kappa shape index (κ3) is 2.89. The summed E-state index contributed by atoms with van der Waals surface area (Å²) in [5.74, 6) is 0.345. The number of thioether (sulfide) groups is 1. The summed E-state index contributed by atoms with van der Waals surface area (Å²) >= 11 is 1.39. The Balaban J connectivity index is 1.71. The first kappa shape index (κ1) is 16.1. The van der Waals surface area contributed by atoms with Crippen LogP contribution in [0.3, 0.4) is 0 Å². The van der Waals surface area contributed by atoms with Crippen LogP contribution in [-0.4, -0.2) is 19.5 Å². The highest BCUT2D eigenvalue weighted by atomic mass is 32.2. The number of aromatic amines is 1. The van der Waals surface area contributed by atoms with E-state index in [0.717, 1.165) is 21.2 Å². The summed E-state index contributed by atoms with van der Waals surface area (Å²) in [5, 5.41) is 0.420. The van der Waals surface area contributed by atoms with Crippen LogP contribution >= 0.6 is 11.8 Å². The number of nitrogens with one attached hydrogen (secondary N) is 1. The van der Waals surface area contributed by atoms with Gasteiger partial charge >= 0.3 is 6.55 Å². The van der Waals surface area contributed by atoms with E-state index in [1.165, 1.54) is 11.8 Å². The van der Waals surface area contributed by atoms with Crippen molar-refractivity contribution < 1.29 is 8.78 Å². The van der Waals surface area contributed by atoms with E-state index in [9.17, 15) is 8.78 Å². The third-order valence-corrected chi connectivity index (χ3v) is 5.07. The molecule has 4 nitrogen and oxygen atoms in total. The average molecular weight is 358 g/mol. The van der Waals surface area contributed by atoms with Crippen molar-refractivity contribution in [3.8, 4) is 0 Å². The first-order valence-corrected chi connectivity index (χ1v) is 8.79. The molecule has 2 aromatic heterocycles. The minimum Gasteiger partial charge on any atom is -0.333 e. The first-order valence-electron chi connectivity index (χ1n) is 7.91. The lowest BCUT2D eigenvalue weighted by molar-refractivity contribution is 0.0715. The lowest BCUT2D eigenvalue weighted by atomic mass is 10.2. The zero-order valence-electron chi connectivity index (χ0n) is 13.7. The van der Waals surface area contributed by atoms with E-state index in [2.05, 4.69) is 15.0 Å². The van der Waals surface area contributed by atoms with E-state index in [4.69, 9.17) is 0 Å². The van der Waals surface area contributed by atoms with Crippen molar-refractivity contribution in [1.82, 2.24) is 19.5 Å². The zero-order valence-corrected chi connectivity index (χ0v) is 14.5. The van der Waals surface area contributed by atoms with Crippen LogP contribution in [0.25, 0.3) is 22.1 Å². The Morgan fingerprint density at radius 3 is 2.68 bits per heavy atom. The van der Waals surface area contributed by atoms with Crippen LogP contribution in [0.4, 0.5) is 8.78 Å². The molecule has 0 aliphatic carbocycles. The van der Waals surface area contributed by atoms with Crippen LogP contribution < -0.4 is 0 Å². The van der Waals surface area contributed by atoms with Crippen LogP contribution in [0, 0.1) is 6.92 Å². The normalized spacial score (nSPS) is 13.2. The van der Waals surface area contributed by atoms with E-state index < -0.39 is 6.55 Å². The maximum Gasteiger partial charge on any atom is 0.320 e. The molecule has 1 atom stereocenters. The molecule has 0 saturated heterocycles. The summed E-state index contributed by atoms with van der Waals surface area (Å²) in [4.78, 5) is 12.2. The number of benzene rings is 2. The number of rotatable bonds is 4. The van der Waals surface area contributed by atoms with Gasteiger partial charge in [-0.05, 0) is 43.7 Å². The van der Waals surface area contributed by atoms with Gasteiger partial charge < -0.3 is 4.98 Å². The number of hydrogen-bond donors (Lipinski definition) is 1. The van der Waals surface area contributed by atoms with Crippen LogP contribution in [0.5, 0.6) is 0 Å². The fourth-order valence-corrected chi connectivity index (χ4v) is 3.86. The number of aromatic nitrogens is 4. The van der Waals surface area contributed by atoms with Gasteiger partial charge in [0.1, 0.15) is 5.82 Å². The Kier molecular flexibility index (Phi) is 3.95. The molecule has 128 valence electrons. The number of nitrogens with zero attached hydrogens (tertiary/aromatic N) is 3. The topological polar surface area (TPSA) is 46.5 Å². The molecule has 1 N–H and O–H groups in total. The molecule has 2 aromatic carbocycles. The Morgan fingerprint density at radius 2 is 1.88 bits per heavy atom. The number of halogens is 2. The molecular weight excluding hydrogens is 342 g/mol. The summed E-state index contributed by atoms with van der Waals surface area (Å²) in [6.07, 6.45) is 0. The quantitative estimate of drug-likeness (QED) is 0.492. The van der Waals surface area contributed by atoms with Crippen molar-refractivity contribution in [1.29, 1.82) is 0 Å². The van der Waals surface area contributed by atoms with Gasteiger partial charge in [0, 0.05) is 0 Å². The Bertz CT molecular complexity index is 1050. The van der Waals surface area contributed by atoms with Crippen molar-refractivity contribution in [2.75, 3.05) is 0 Å².